The van der Waals surface area contributed by atoms with E-state index in [1.807, 2.05) is 12.2 Å². The lowest BCUT2D eigenvalue weighted by atomic mass is 9.82. The molecule has 0 aromatic heterocycles. The summed E-state index contributed by atoms with van der Waals surface area (Å²) in [5.41, 5.74) is 1.47. The molecule has 2 atom stereocenters. The molecular formula is C14H22OS. The van der Waals surface area contributed by atoms with Gasteiger partial charge in [-0.3, -0.25) is 0 Å². The normalized spacial score (nSPS) is 35.8. The second-order valence-corrected chi connectivity index (χ2v) is 6.41. The van der Waals surface area contributed by atoms with E-state index in [0.717, 1.165) is 12.8 Å². The van der Waals surface area contributed by atoms with Gasteiger partial charge in [-0.2, -0.15) is 0 Å². The zero-order valence-corrected chi connectivity index (χ0v) is 11.1. The molecule has 1 aliphatic heterocycles. The van der Waals surface area contributed by atoms with E-state index < -0.39 is 4.93 Å². The van der Waals surface area contributed by atoms with Crippen LogP contribution in [0.2, 0.25) is 0 Å². The van der Waals surface area contributed by atoms with Crippen LogP contribution in [0.15, 0.2) is 23.8 Å². The summed E-state index contributed by atoms with van der Waals surface area (Å²) in [5, 5.41) is 10.4. The molecule has 0 radical (unpaired) electrons. The fourth-order valence-electron chi connectivity index (χ4n) is 2.60. The maximum absolute atomic E-state index is 10.4. The fraction of sp³-hybridized carbons (Fsp3) is 0.714. The minimum Gasteiger partial charge on any atom is -0.374 e. The van der Waals surface area contributed by atoms with Crippen LogP contribution in [0.5, 0.6) is 0 Å². The molecule has 90 valence electrons. The van der Waals surface area contributed by atoms with Gasteiger partial charge in [-0.15, -0.1) is 11.8 Å². The first kappa shape index (κ1) is 12.3. The van der Waals surface area contributed by atoms with Gasteiger partial charge in [0.1, 0.15) is 4.93 Å². The predicted molar refractivity (Wildman–Crippen MR) is 71.5 cm³/mol. The minimum atomic E-state index is -0.569. The quantitative estimate of drug-likeness (QED) is 0.705. The number of fused-ring (bicyclic) bond motifs is 1. The van der Waals surface area contributed by atoms with Gasteiger partial charge in [0.15, 0.2) is 0 Å². The number of allylic oxidation sites excluding steroid dienone is 2. The Hall–Kier alpha value is -0.210. The molecule has 1 aliphatic carbocycles. The Morgan fingerprint density at radius 3 is 2.69 bits per heavy atom. The summed E-state index contributed by atoms with van der Waals surface area (Å²) in [4.78, 5) is -0.569. The molecule has 2 rings (SSSR count). The summed E-state index contributed by atoms with van der Waals surface area (Å²) in [6.07, 6.45) is 13.4. The average Bonchev–Trinajstić information content (AvgIpc) is 2.90. The van der Waals surface area contributed by atoms with E-state index in [1.54, 1.807) is 11.8 Å². The molecule has 2 heteroatoms. The molecule has 0 spiro atoms. The molecule has 0 saturated carbocycles. The third-order valence-electron chi connectivity index (χ3n) is 3.69. The molecule has 1 fully saturated rings. The van der Waals surface area contributed by atoms with Crippen molar-refractivity contribution in [2.45, 2.75) is 62.1 Å². The van der Waals surface area contributed by atoms with Crippen molar-refractivity contribution in [3.8, 4) is 0 Å². The van der Waals surface area contributed by atoms with Crippen LogP contribution in [-0.2, 0) is 0 Å². The lowest BCUT2D eigenvalue weighted by Crippen LogP contribution is -2.28. The van der Waals surface area contributed by atoms with Crippen LogP contribution in [0, 0.1) is 0 Å². The van der Waals surface area contributed by atoms with Gasteiger partial charge in [0, 0.05) is 0 Å². The summed E-state index contributed by atoms with van der Waals surface area (Å²) in [6.45, 7) is 4.45. The number of hydrogen-bond acceptors (Lipinski definition) is 2. The van der Waals surface area contributed by atoms with E-state index >= 15 is 0 Å². The Kier molecular flexibility index (Phi) is 3.50. The lowest BCUT2D eigenvalue weighted by molar-refractivity contribution is 0.188. The van der Waals surface area contributed by atoms with Crippen LogP contribution in [-0.4, -0.2) is 14.8 Å². The van der Waals surface area contributed by atoms with Crippen molar-refractivity contribution in [1.29, 1.82) is 0 Å². The second kappa shape index (κ2) is 4.58. The van der Waals surface area contributed by atoms with Gasteiger partial charge >= 0.3 is 0 Å². The van der Waals surface area contributed by atoms with E-state index in [0.29, 0.717) is 0 Å². The number of rotatable bonds is 6. The molecule has 16 heavy (non-hydrogen) atoms. The Labute approximate surface area is 103 Å². The summed E-state index contributed by atoms with van der Waals surface area (Å²) in [7, 11) is 0. The Bertz CT molecular complexity index is 321. The maximum Gasteiger partial charge on any atom is 0.148 e. The van der Waals surface area contributed by atoms with Gasteiger partial charge < -0.3 is 5.11 Å². The molecule has 0 aromatic rings. The van der Waals surface area contributed by atoms with Crippen molar-refractivity contribution in [1.82, 2.24) is 0 Å². The average molecular weight is 238 g/mol. The number of unbranched alkanes of at least 4 members (excludes halogenated alkanes) is 2. The van der Waals surface area contributed by atoms with E-state index in [2.05, 4.69) is 19.9 Å². The zero-order chi connectivity index (χ0) is 11.6. The summed E-state index contributed by atoms with van der Waals surface area (Å²) in [6, 6.07) is 0. The molecule has 0 aromatic carbocycles. The van der Waals surface area contributed by atoms with Gasteiger partial charge in [-0.1, -0.05) is 45.3 Å². The maximum atomic E-state index is 10.4. The van der Waals surface area contributed by atoms with Gasteiger partial charge in [-0.05, 0) is 30.9 Å². The highest BCUT2D eigenvalue weighted by Gasteiger charge is 2.68. The van der Waals surface area contributed by atoms with Crippen LogP contribution < -0.4 is 0 Å². The molecule has 1 saturated heterocycles. The van der Waals surface area contributed by atoms with Crippen molar-refractivity contribution in [3.05, 3.63) is 23.8 Å². The molecule has 0 amide bonds. The van der Waals surface area contributed by atoms with Crippen molar-refractivity contribution in [3.63, 3.8) is 0 Å². The Balaban J connectivity index is 2.09. The Morgan fingerprint density at radius 2 is 2.00 bits per heavy atom. The molecule has 1 heterocycles. The molecule has 2 unspecified atom stereocenters. The first-order chi connectivity index (χ1) is 7.68. The van der Waals surface area contributed by atoms with Crippen molar-refractivity contribution in [2.75, 3.05) is 0 Å². The number of hydrogen-bond donors (Lipinski definition) is 1. The summed E-state index contributed by atoms with van der Waals surface area (Å²) < 4.78 is 0.0485. The van der Waals surface area contributed by atoms with Crippen LogP contribution in [0.25, 0.3) is 0 Å². The van der Waals surface area contributed by atoms with Crippen LogP contribution in [0.4, 0.5) is 0 Å². The van der Waals surface area contributed by atoms with Gasteiger partial charge in [0.25, 0.3) is 0 Å². The van der Waals surface area contributed by atoms with E-state index in [-0.39, 0.29) is 4.75 Å². The van der Waals surface area contributed by atoms with Crippen LogP contribution >= 0.6 is 11.8 Å². The van der Waals surface area contributed by atoms with Gasteiger partial charge in [-0.25, -0.2) is 0 Å². The number of thioether (sulfide) groups is 1. The lowest BCUT2D eigenvalue weighted by Gasteiger charge is -2.23. The summed E-state index contributed by atoms with van der Waals surface area (Å²) in [5.74, 6) is 0. The highest BCUT2D eigenvalue weighted by molar-refractivity contribution is 8.10. The summed E-state index contributed by atoms with van der Waals surface area (Å²) >= 11 is 1.75. The van der Waals surface area contributed by atoms with Crippen molar-refractivity contribution < 1.29 is 5.11 Å². The van der Waals surface area contributed by atoms with Crippen molar-refractivity contribution >= 4 is 11.8 Å². The predicted octanol–water partition coefficient (Wildman–Crippen LogP) is 4.04. The van der Waals surface area contributed by atoms with Gasteiger partial charge in [0.2, 0.25) is 0 Å². The smallest absolute Gasteiger partial charge is 0.148 e. The fourth-order valence-corrected chi connectivity index (χ4v) is 4.08. The van der Waals surface area contributed by atoms with E-state index in [9.17, 15) is 5.11 Å². The second-order valence-electron chi connectivity index (χ2n) is 4.88. The first-order valence-corrected chi connectivity index (χ1v) is 7.31. The van der Waals surface area contributed by atoms with Gasteiger partial charge in [0.05, 0.1) is 4.75 Å². The third-order valence-corrected chi connectivity index (χ3v) is 5.40. The number of aliphatic hydroxyl groups is 1. The van der Waals surface area contributed by atoms with Crippen LogP contribution in [0.1, 0.15) is 52.4 Å². The van der Waals surface area contributed by atoms with Crippen LogP contribution in [0.3, 0.4) is 0 Å². The third kappa shape index (κ3) is 1.86. The monoisotopic (exact) mass is 238 g/mol. The standard InChI is InChI=1S/C14H22OS/c1-3-5-8-12-9-7-11-14(15)13(12,16-14)10-6-4-2/h7,9,11,15H,3-6,8,10H2,1-2H3. The van der Waals surface area contributed by atoms with E-state index in [1.165, 1.54) is 31.3 Å². The molecule has 0 bridgehead atoms. The zero-order valence-electron chi connectivity index (χ0n) is 10.3. The highest BCUT2D eigenvalue weighted by atomic mass is 32.2. The van der Waals surface area contributed by atoms with E-state index in [4.69, 9.17) is 0 Å². The Morgan fingerprint density at radius 1 is 1.25 bits per heavy atom. The molecule has 1 nitrogen and oxygen atoms in total. The molecule has 1 N–H and O–H groups in total. The first-order valence-electron chi connectivity index (χ1n) is 6.50. The highest BCUT2D eigenvalue weighted by Crippen LogP contribution is 2.70. The van der Waals surface area contributed by atoms with Crippen molar-refractivity contribution in [2.24, 2.45) is 0 Å². The molecular weight excluding hydrogens is 216 g/mol. The SMILES string of the molecule is CCCCC1=CC=CC2(O)SC12CCCC. The topological polar surface area (TPSA) is 20.2 Å². The largest absolute Gasteiger partial charge is 0.374 e. The minimum absolute atomic E-state index is 0.0485. The molecule has 2 aliphatic rings.